The lowest BCUT2D eigenvalue weighted by molar-refractivity contribution is 0.243. The van der Waals surface area contributed by atoms with Gasteiger partial charge in [0.25, 0.3) is 0 Å². The van der Waals surface area contributed by atoms with E-state index in [9.17, 15) is 4.79 Å². The van der Waals surface area contributed by atoms with Crippen LogP contribution in [0.1, 0.15) is 20.8 Å². The third-order valence-electron chi connectivity index (χ3n) is 4.58. The van der Waals surface area contributed by atoms with Gasteiger partial charge in [0.15, 0.2) is 5.65 Å². The van der Waals surface area contributed by atoms with Crippen molar-refractivity contribution in [2.24, 2.45) is 0 Å². The Morgan fingerprint density at radius 2 is 1.64 bits per heavy atom. The monoisotopic (exact) mass is 480 g/mol. The van der Waals surface area contributed by atoms with Gasteiger partial charge in [0, 0.05) is 44.0 Å². The van der Waals surface area contributed by atoms with Crippen molar-refractivity contribution in [2.75, 3.05) is 10.6 Å². The number of carbonyl (C=O) groups is 1. The summed E-state index contributed by atoms with van der Waals surface area (Å²) < 4.78 is 0. The van der Waals surface area contributed by atoms with Gasteiger partial charge in [0.1, 0.15) is 5.82 Å². The van der Waals surface area contributed by atoms with Gasteiger partial charge in [-0.2, -0.15) is 4.98 Å². The number of urea groups is 1. The summed E-state index contributed by atoms with van der Waals surface area (Å²) in [4.78, 5) is 25.5. The molecule has 2 aromatic heterocycles. The van der Waals surface area contributed by atoms with Crippen LogP contribution in [0.25, 0.3) is 22.2 Å². The van der Waals surface area contributed by atoms with Crippen molar-refractivity contribution in [3.63, 3.8) is 0 Å². The standard InChI is InChI=1S/C24H22Cl2N6O/c1-24(2,3)32-23(33)30-19-12-11-14-13-27-22(31-21(14)29-19)28-18-10-5-4-7-15(18)20-16(25)8-6-9-17(20)26/h4-13H,1-3H3,(H3,27,28,29,30,31,32,33). The van der Waals surface area contributed by atoms with E-state index in [4.69, 9.17) is 23.2 Å². The second-order valence-corrected chi connectivity index (χ2v) is 9.21. The molecule has 4 rings (SSSR count). The van der Waals surface area contributed by atoms with Crippen molar-refractivity contribution in [2.45, 2.75) is 26.3 Å². The molecule has 168 valence electrons. The largest absolute Gasteiger partial charge is 0.333 e. The fraction of sp³-hybridized carbons (Fsp3) is 0.167. The fourth-order valence-corrected chi connectivity index (χ4v) is 3.81. The number of amides is 2. The molecular weight excluding hydrogens is 459 g/mol. The van der Waals surface area contributed by atoms with Gasteiger partial charge in [0.2, 0.25) is 5.95 Å². The highest BCUT2D eigenvalue weighted by molar-refractivity contribution is 6.39. The molecule has 0 unspecified atom stereocenters. The Morgan fingerprint density at radius 3 is 2.36 bits per heavy atom. The first-order valence-electron chi connectivity index (χ1n) is 10.2. The summed E-state index contributed by atoms with van der Waals surface area (Å²) in [6.45, 7) is 5.71. The SMILES string of the molecule is CC(C)(C)NC(=O)Nc1ccc2cnc(Nc3ccccc3-c3c(Cl)cccc3Cl)nc2n1. The first-order valence-corrected chi connectivity index (χ1v) is 11.0. The van der Waals surface area contributed by atoms with Gasteiger partial charge >= 0.3 is 6.03 Å². The maximum Gasteiger partial charge on any atom is 0.320 e. The average Bonchev–Trinajstić information content (AvgIpc) is 2.73. The van der Waals surface area contributed by atoms with Crippen LogP contribution in [0.15, 0.2) is 60.8 Å². The lowest BCUT2D eigenvalue weighted by atomic mass is 10.0. The molecule has 0 aliphatic rings. The zero-order valence-corrected chi connectivity index (χ0v) is 19.8. The summed E-state index contributed by atoms with van der Waals surface area (Å²) in [6, 6.07) is 16.2. The van der Waals surface area contributed by atoms with E-state index in [0.29, 0.717) is 27.5 Å². The third-order valence-corrected chi connectivity index (χ3v) is 5.21. The molecule has 0 aliphatic heterocycles. The Morgan fingerprint density at radius 1 is 0.909 bits per heavy atom. The molecular formula is C24H22Cl2N6O. The predicted octanol–water partition coefficient (Wildman–Crippen LogP) is 6.66. The Labute approximate surface area is 201 Å². The van der Waals surface area contributed by atoms with Gasteiger partial charge in [-0.05, 0) is 51.1 Å². The van der Waals surface area contributed by atoms with Gasteiger partial charge in [-0.25, -0.2) is 14.8 Å². The van der Waals surface area contributed by atoms with Crippen molar-refractivity contribution in [3.8, 4) is 11.1 Å². The van der Waals surface area contributed by atoms with Gasteiger partial charge in [-0.3, -0.25) is 5.32 Å². The van der Waals surface area contributed by atoms with Gasteiger partial charge in [-0.1, -0.05) is 47.5 Å². The van der Waals surface area contributed by atoms with Crippen LogP contribution in [0.5, 0.6) is 0 Å². The number of fused-ring (bicyclic) bond motifs is 1. The topological polar surface area (TPSA) is 91.8 Å². The average molecular weight is 481 g/mol. The minimum absolute atomic E-state index is 0.340. The number of rotatable bonds is 4. The number of hydrogen-bond donors (Lipinski definition) is 3. The van der Waals surface area contributed by atoms with E-state index < -0.39 is 0 Å². The molecule has 0 aliphatic carbocycles. The highest BCUT2D eigenvalue weighted by Gasteiger charge is 2.15. The number of para-hydroxylation sites is 1. The first-order chi connectivity index (χ1) is 15.7. The maximum atomic E-state index is 12.2. The number of nitrogens with one attached hydrogen (secondary N) is 3. The molecule has 3 N–H and O–H groups in total. The molecule has 0 spiro atoms. The van der Waals surface area contributed by atoms with Crippen molar-refractivity contribution in [1.82, 2.24) is 20.3 Å². The van der Waals surface area contributed by atoms with Crippen LogP contribution >= 0.6 is 23.2 Å². The quantitative estimate of drug-likeness (QED) is 0.303. The normalized spacial score (nSPS) is 11.3. The third kappa shape index (κ3) is 5.50. The Balaban J connectivity index is 1.63. The van der Waals surface area contributed by atoms with Crippen LogP contribution in [-0.4, -0.2) is 26.5 Å². The molecule has 0 saturated carbocycles. The summed E-state index contributed by atoms with van der Waals surface area (Å²) >= 11 is 12.8. The zero-order valence-electron chi connectivity index (χ0n) is 18.3. The van der Waals surface area contributed by atoms with E-state index >= 15 is 0 Å². The van der Waals surface area contributed by atoms with Crippen LogP contribution in [-0.2, 0) is 0 Å². The Kier molecular flexibility index (Phi) is 6.35. The van der Waals surface area contributed by atoms with Crippen molar-refractivity contribution in [1.29, 1.82) is 0 Å². The van der Waals surface area contributed by atoms with E-state index in [2.05, 4.69) is 30.9 Å². The lowest BCUT2D eigenvalue weighted by Gasteiger charge is -2.20. The maximum absolute atomic E-state index is 12.2. The number of pyridine rings is 1. The fourth-order valence-electron chi connectivity index (χ4n) is 3.21. The molecule has 0 fully saturated rings. The van der Waals surface area contributed by atoms with E-state index in [1.54, 1.807) is 36.5 Å². The van der Waals surface area contributed by atoms with Crippen molar-refractivity contribution in [3.05, 3.63) is 70.8 Å². The molecule has 4 aromatic rings. The predicted molar refractivity (Wildman–Crippen MR) is 134 cm³/mol. The minimum Gasteiger partial charge on any atom is -0.333 e. The highest BCUT2D eigenvalue weighted by atomic mass is 35.5. The lowest BCUT2D eigenvalue weighted by Crippen LogP contribution is -2.43. The summed E-state index contributed by atoms with van der Waals surface area (Å²) in [5, 5.41) is 10.6. The zero-order chi connectivity index (χ0) is 23.6. The number of benzene rings is 2. The summed E-state index contributed by atoms with van der Waals surface area (Å²) in [5.41, 5.74) is 2.36. The molecule has 0 bridgehead atoms. The smallest absolute Gasteiger partial charge is 0.320 e. The van der Waals surface area contributed by atoms with Crippen LogP contribution in [0, 0.1) is 0 Å². The number of anilines is 3. The molecule has 2 heterocycles. The summed E-state index contributed by atoms with van der Waals surface area (Å²) in [6.07, 6.45) is 1.67. The molecule has 7 nitrogen and oxygen atoms in total. The van der Waals surface area contributed by atoms with Crippen molar-refractivity contribution >= 4 is 57.7 Å². The van der Waals surface area contributed by atoms with Gasteiger partial charge in [-0.15, -0.1) is 0 Å². The minimum atomic E-state index is -0.363. The highest BCUT2D eigenvalue weighted by Crippen LogP contribution is 2.39. The number of aromatic nitrogens is 3. The molecule has 2 aromatic carbocycles. The van der Waals surface area contributed by atoms with Crippen molar-refractivity contribution < 1.29 is 4.79 Å². The molecule has 0 saturated heterocycles. The molecule has 0 atom stereocenters. The number of carbonyl (C=O) groups excluding carboxylic acids is 1. The van der Waals surface area contributed by atoms with Crippen LogP contribution in [0.4, 0.5) is 22.2 Å². The van der Waals surface area contributed by atoms with Crippen LogP contribution in [0.2, 0.25) is 10.0 Å². The molecule has 9 heteroatoms. The second kappa shape index (κ2) is 9.21. The van der Waals surface area contributed by atoms with Crippen LogP contribution < -0.4 is 16.0 Å². The Hall–Kier alpha value is -3.42. The van der Waals surface area contributed by atoms with E-state index in [-0.39, 0.29) is 11.6 Å². The van der Waals surface area contributed by atoms with E-state index in [0.717, 1.165) is 22.2 Å². The second-order valence-electron chi connectivity index (χ2n) is 8.40. The van der Waals surface area contributed by atoms with Crippen LogP contribution in [0.3, 0.4) is 0 Å². The number of hydrogen-bond acceptors (Lipinski definition) is 5. The summed E-state index contributed by atoms with van der Waals surface area (Å²) in [7, 11) is 0. The molecule has 2 amide bonds. The van der Waals surface area contributed by atoms with E-state index in [1.807, 2.05) is 45.0 Å². The molecule has 33 heavy (non-hydrogen) atoms. The number of nitrogens with zero attached hydrogens (tertiary/aromatic N) is 3. The molecule has 0 radical (unpaired) electrons. The van der Waals surface area contributed by atoms with E-state index in [1.165, 1.54) is 0 Å². The first kappa shape index (κ1) is 22.8. The Bertz CT molecular complexity index is 1320. The van der Waals surface area contributed by atoms with Gasteiger partial charge in [0.05, 0.1) is 0 Å². The summed E-state index contributed by atoms with van der Waals surface area (Å²) in [5.74, 6) is 0.735. The number of halogens is 2. The van der Waals surface area contributed by atoms with Gasteiger partial charge < -0.3 is 10.6 Å².